The lowest BCUT2D eigenvalue weighted by molar-refractivity contribution is 0.444. The van der Waals surface area contributed by atoms with Gasteiger partial charge in [0.2, 0.25) is 0 Å². The van der Waals surface area contributed by atoms with Crippen LogP contribution in [0, 0.1) is 10.8 Å². The first-order valence-corrected chi connectivity index (χ1v) is 24.8. The smallest absolute Gasteiger partial charge is 0.137 e. The van der Waals surface area contributed by atoms with Crippen LogP contribution in [0.2, 0.25) is 0 Å². The van der Waals surface area contributed by atoms with Gasteiger partial charge in [0.25, 0.3) is 0 Å². The number of nitrogens with zero attached hydrogens (tertiary/aromatic N) is 4. The Hall–Kier alpha value is -5.81. The van der Waals surface area contributed by atoms with E-state index in [2.05, 4.69) is 241 Å². The average molecular weight is 893 g/mol. The molecule has 0 atom stereocenters. The van der Waals surface area contributed by atoms with E-state index in [4.69, 9.17) is 9.72 Å². The number of hydrogen-bond acceptors (Lipinski definition) is 4. The zero-order valence-corrected chi connectivity index (χ0v) is 43.7. The van der Waals surface area contributed by atoms with E-state index in [0.717, 1.165) is 40.5 Å². The highest BCUT2D eigenvalue weighted by atomic mass is 16.5. The lowest BCUT2D eigenvalue weighted by atomic mass is 9.81. The molecule has 1 aliphatic rings. The Morgan fingerprint density at radius 2 is 1.15 bits per heavy atom. The quantitative estimate of drug-likeness (QED) is 0.145. The molecule has 0 spiro atoms. The maximum absolute atomic E-state index is 7.07. The molecule has 350 valence electrons. The number of para-hydroxylation sites is 1. The molecule has 7 aromatic rings. The zero-order chi connectivity index (χ0) is 48.5. The molecule has 67 heavy (non-hydrogen) atoms. The van der Waals surface area contributed by atoms with Crippen molar-refractivity contribution >= 4 is 33.2 Å². The first-order chi connectivity index (χ1) is 31.3. The van der Waals surface area contributed by atoms with E-state index in [1.165, 1.54) is 66.8 Å². The van der Waals surface area contributed by atoms with E-state index >= 15 is 0 Å². The molecule has 3 heterocycles. The van der Waals surface area contributed by atoms with Gasteiger partial charge in [-0.25, -0.2) is 4.98 Å². The third-order valence-electron chi connectivity index (χ3n) is 13.6. The van der Waals surface area contributed by atoms with Crippen LogP contribution in [-0.4, -0.2) is 16.2 Å². The van der Waals surface area contributed by atoms with E-state index in [0.29, 0.717) is 18.5 Å². The Morgan fingerprint density at radius 1 is 0.537 bits per heavy atom. The standard InChI is InChI=1S/C62H76N4O/c1-18-41-30-51(39(2)3)56(52(31-41)40(4)5)42-22-21-23-45(32-42)64-38-65(58(62(15,16)17)57(64)61(12,13)14)46-33-44(60(9,10)11)34-48(36-46)67-47-26-27-50-49-24-19-20-25-53(49)66(54(50)37-47)55-35-43(28-29-63-55)59(6,7)8/h19-37,39-40H,18,38H2,1-17H3. The summed E-state index contributed by atoms with van der Waals surface area (Å²) in [5.41, 5.74) is 16.2. The highest BCUT2D eigenvalue weighted by Crippen LogP contribution is 2.50. The first-order valence-electron chi connectivity index (χ1n) is 24.8. The number of aromatic nitrogens is 2. The molecule has 8 rings (SSSR count). The van der Waals surface area contributed by atoms with E-state index in [-0.39, 0.29) is 21.7 Å². The van der Waals surface area contributed by atoms with Crippen LogP contribution in [0.5, 0.6) is 11.5 Å². The molecule has 0 amide bonds. The summed E-state index contributed by atoms with van der Waals surface area (Å²) < 4.78 is 9.36. The molecule has 5 heteroatoms. The number of anilines is 2. The molecule has 2 aromatic heterocycles. The van der Waals surface area contributed by atoms with Gasteiger partial charge >= 0.3 is 0 Å². The van der Waals surface area contributed by atoms with Crippen LogP contribution >= 0.6 is 0 Å². The highest BCUT2D eigenvalue weighted by molar-refractivity contribution is 6.09. The third-order valence-corrected chi connectivity index (χ3v) is 13.6. The lowest BCUT2D eigenvalue weighted by Gasteiger charge is -2.34. The summed E-state index contributed by atoms with van der Waals surface area (Å²) >= 11 is 0. The van der Waals surface area contributed by atoms with Gasteiger partial charge in [-0.15, -0.1) is 0 Å². The van der Waals surface area contributed by atoms with Gasteiger partial charge in [-0.05, 0) is 123 Å². The largest absolute Gasteiger partial charge is 0.457 e. The van der Waals surface area contributed by atoms with Crippen molar-refractivity contribution in [1.29, 1.82) is 0 Å². The predicted octanol–water partition coefficient (Wildman–Crippen LogP) is 17.6. The Bertz CT molecular complexity index is 2980. The number of allylic oxidation sites excluding steroid dienone is 2. The topological polar surface area (TPSA) is 33.5 Å². The van der Waals surface area contributed by atoms with E-state index in [9.17, 15) is 0 Å². The van der Waals surface area contributed by atoms with Crippen molar-refractivity contribution in [1.82, 2.24) is 9.55 Å². The van der Waals surface area contributed by atoms with Gasteiger partial charge in [0.15, 0.2) is 0 Å². The van der Waals surface area contributed by atoms with Crippen molar-refractivity contribution in [3.8, 4) is 28.4 Å². The normalized spacial score (nSPS) is 14.2. The summed E-state index contributed by atoms with van der Waals surface area (Å²) in [7, 11) is 0. The van der Waals surface area contributed by atoms with Crippen LogP contribution in [0.4, 0.5) is 11.4 Å². The van der Waals surface area contributed by atoms with Crippen LogP contribution in [0.25, 0.3) is 38.8 Å². The Morgan fingerprint density at radius 3 is 1.75 bits per heavy atom. The molecule has 0 saturated heterocycles. The van der Waals surface area contributed by atoms with Gasteiger partial charge < -0.3 is 14.5 Å². The van der Waals surface area contributed by atoms with Crippen LogP contribution in [0.1, 0.15) is 157 Å². The SMILES string of the molecule is CCc1cc(C(C)C)c(-c2cccc(N3CN(c4cc(Oc5ccc6c7ccccc7n(-c7cc(C(C)(C)C)ccn7)c6c5)cc(C(C)(C)C)c4)C(C(C)(C)C)=C3C(C)(C)C)c2)c(C(C)C)c1. The average Bonchev–Trinajstić information content (AvgIpc) is 3.83. The number of benzene rings is 5. The van der Waals surface area contributed by atoms with Crippen LogP contribution < -0.4 is 14.5 Å². The molecule has 0 fully saturated rings. The summed E-state index contributed by atoms with van der Waals surface area (Å²) in [4.78, 5) is 10.1. The molecule has 0 radical (unpaired) electrons. The summed E-state index contributed by atoms with van der Waals surface area (Å²) in [5.74, 6) is 3.33. The Balaban J connectivity index is 1.26. The monoisotopic (exact) mass is 893 g/mol. The molecule has 0 unspecified atom stereocenters. The van der Waals surface area contributed by atoms with Crippen LogP contribution in [0.15, 0.2) is 127 Å². The molecule has 0 bridgehead atoms. The van der Waals surface area contributed by atoms with Crippen molar-refractivity contribution in [2.75, 3.05) is 16.5 Å². The summed E-state index contributed by atoms with van der Waals surface area (Å²) in [5, 5.41) is 2.36. The van der Waals surface area contributed by atoms with Crippen molar-refractivity contribution < 1.29 is 4.74 Å². The van der Waals surface area contributed by atoms with Gasteiger partial charge in [-0.1, -0.05) is 160 Å². The number of ether oxygens (including phenoxy) is 1. The second-order valence-electron chi connectivity index (χ2n) is 23.8. The van der Waals surface area contributed by atoms with Gasteiger partial charge in [-0.3, -0.25) is 4.57 Å². The molecule has 0 saturated carbocycles. The number of fused-ring (bicyclic) bond motifs is 3. The summed E-state index contributed by atoms with van der Waals surface area (Å²) in [6.45, 7) is 40.2. The number of aryl methyl sites for hydroxylation is 1. The maximum Gasteiger partial charge on any atom is 0.137 e. The van der Waals surface area contributed by atoms with E-state index in [1.54, 1.807) is 0 Å². The zero-order valence-electron chi connectivity index (χ0n) is 43.7. The Kier molecular flexibility index (Phi) is 12.4. The van der Waals surface area contributed by atoms with Gasteiger partial charge in [-0.2, -0.15) is 0 Å². The molecule has 0 aliphatic carbocycles. The molecular weight excluding hydrogens is 817 g/mol. The molecule has 0 N–H and O–H groups in total. The fourth-order valence-corrected chi connectivity index (χ4v) is 10.1. The molecule has 5 nitrogen and oxygen atoms in total. The number of rotatable bonds is 9. The highest BCUT2D eigenvalue weighted by Gasteiger charge is 2.42. The van der Waals surface area contributed by atoms with Crippen LogP contribution in [0.3, 0.4) is 0 Å². The summed E-state index contributed by atoms with van der Waals surface area (Å²) in [6.07, 6.45) is 2.97. The first kappa shape index (κ1) is 47.7. The van der Waals surface area contributed by atoms with E-state index in [1.807, 2.05) is 6.20 Å². The van der Waals surface area contributed by atoms with Crippen LogP contribution in [-0.2, 0) is 17.3 Å². The predicted molar refractivity (Wildman–Crippen MR) is 288 cm³/mol. The lowest BCUT2D eigenvalue weighted by Crippen LogP contribution is -2.31. The van der Waals surface area contributed by atoms with Crippen molar-refractivity contribution in [2.45, 2.75) is 147 Å². The third kappa shape index (κ3) is 9.28. The van der Waals surface area contributed by atoms with E-state index < -0.39 is 0 Å². The van der Waals surface area contributed by atoms with Crippen molar-refractivity contribution in [3.63, 3.8) is 0 Å². The molecular formula is C62H76N4O. The van der Waals surface area contributed by atoms with Gasteiger partial charge in [0.1, 0.15) is 17.3 Å². The molecule has 5 aromatic carbocycles. The second-order valence-corrected chi connectivity index (χ2v) is 23.8. The Labute approximate surface area is 402 Å². The van der Waals surface area contributed by atoms with Gasteiger partial charge in [0, 0.05) is 62.7 Å². The minimum Gasteiger partial charge on any atom is -0.457 e. The molecule has 1 aliphatic heterocycles. The number of pyridine rings is 1. The van der Waals surface area contributed by atoms with Gasteiger partial charge in [0.05, 0.1) is 17.7 Å². The minimum absolute atomic E-state index is 0.0112. The fourth-order valence-electron chi connectivity index (χ4n) is 10.1. The van der Waals surface area contributed by atoms with Crippen molar-refractivity contribution in [3.05, 3.63) is 155 Å². The second kappa shape index (κ2) is 17.4. The van der Waals surface area contributed by atoms with Crippen molar-refractivity contribution in [2.24, 2.45) is 10.8 Å². The maximum atomic E-state index is 7.07. The minimum atomic E-state index is -0.171. The summed E-state index contributed by atoms with van der Waals surface area (Å²) in [6, 6.07) is 40.7. The fraction of sp³-hybridized carbons (Fsp3) is 0.403. The number of hydrogen-bond donors (Lipinski definition) is 0.